The number of benzene rings is 2. The number of rotatable bonds is 11. The van der Waals surface area contributed by atoms with E-state index in [2.05, 4.69) is 24.1 Å². The van der Waals surface area contributed by atoms with E-state index >= 15 is 4.79 Å². The van der Waals surface area contributed by atoms with Gasteiger partial charge in [-0.3, -0.25) is 19.2 Å². The average molecular weight is 743 g/mol. The van der Waals surface area contributed by atoms with Crippen LogP contribution in [-0.4, -0.2) is 103 Å². The Bertz CT molecular complexity index is 1710. The minimum atomic E-state index is -1.48. The second-order valence-electron chi connectivity index (χ2n) is 14.6. The molecule has 0 radical (unpaired) electrons. The normalized spacial score (nSPS) is 30.2. The molecule has 4 aliphatic rings. The van der Waals surface area contributed by atoms with Gasteiger partial charge in [0.2, 0.25) is 11.8 Å². The number of hydrogen-bond donors (Lipinski definition) is 2. The predicted octanol–water partition coefficient (Wildman–Crippen LogP) is 4.19. The first-order chi connectivity index (χ1) is 26.1. The minimum absolute atomic E-state index is 0.0602. The van der Waals surface area contributed by atoms with Gasteiger partial charge in [0.25, 0.3) is 5.91 Å². The molecule has 2 saturated heterocycles. The van der Waals surface area contributed by atoms with Gasteiger partial charge in [-0.1, -0.05) is 74.9 Å². The molecule has 2 aromatic rings. The summed E-state index contributed by atoms with van der Waals surface area (Å²) in [5.74, 6) is -4.10. The first-order valence-electron chi connectivity index (χ1n) is 19.3. The number of amides is 3. The fourth-order valence-electron chi connectivity index (χ4n) is 8.64. The molecule has 4 aliphatic heterocycles. The van der Waals surface area contributed by atoms with E-state index in [1.807, 2.05) is 80.6 Å². The van der Waals surface area contributed by atoms with Crippen LogP contribution >= 0.6 is 0 Å². The van der Waals surface area contributed by atoms with Gasteiger partial charge in [-0.05, 0) is 56.0 Å². The summed E-state index contributed by atoms with van der Waals surface area (Å²) in [6.07, 6.45) is 6.66. The van der Waals surface area contributed by atoms with Crippen LogP contribution in [0.1, 0.15) is 58.6 Å². The first kappa shape index (κ1) is 39.2. The first-order valence-corrected chi connectivity index (χ1v) is 19.3. The lowest BCUT2D eigenvalue weighted by molar-refractivity contribution is -0.162. The second-order valence-corrected chi connectivity index (χ2v) is 14.6. The number of likely N-dealkylation sites (tertiary alicyclic amines) is 1. The summed E-state index contributed by atoms with van der Waals surface area (Å²) in [6.45, 7) is 9.58. The number of esters is 1. The Morgan fingerprint density at radius 1 is 1.00 bits per heavy atom. The van der Waals surface area contributed by atoms with Crippen LogP contribution in [0.25, 0.3) is 0 Å². The molecule has 2 aromatic carbocycles. The highest BCUT2D eigenvalue weighted by Crippen LogP contribution is 2.57. The zero-order valence-corrected chi connectivity index (χ0v) is 31.9. The number of methoxy groups -OCH3 is 1. The number of carbonyl (C=O) groups is 4. The van der Waals surface area contributed by atoms with Crippen LogP contribution in [-0.2, 0) is 33.4 Å². The summed E-state index contributed by atoms with van der Waals surface area (Å²) in [5, 5.41) is 13.9. The van der Waals surface area contributed by atoms with Crippen LogP contribution in [0.15, 0.2) is 78.9 Å². The highest BCUT2D eigenvalue weighted by atomic mass is 16.6. The number of aliphatic hydroxyl groups excluding tert-OH is 1. The van der Waals surface area contributed by atoms with Crippen LogP contribution in [0, 0.1) is 17.8 Å². The molecule has 290 valence electrons. The molecule has 3 amide bonds. The molecule has 1 spiro atoms. The summed E-state index contributed by atoms with van der Waals surface area (Å²) in [6, 6.07) is 14.2. The number of hydrogen-bond acceptors (Lipinski definition) is 9. The number of fused-ring (bicyclic) bond motifs is 2. The maximum Gasteiger partial charge on any atom is 0.313 e. The Labute approximate surface area is 318 Å². The van der Waals surface area contributed by atoms with Gasteiger partial charge in [0, 0.05) is 44.5 Å². The molecule has 6 rings (SSSR count). The van der Waals surface area contributed by atoms with E-state index in [9.17, 15) is 19.5 Å². The van der Waals surface area contributed by atoms with Crippen molar-refractivity contribution < 1.29 is 38.5 Å². The van der Waals surface area contributed by atoms with Gasteiger partial charge in [0.15, 0.2) is 0 Å². The summed E-state index contributed by atoms with van der Waals surface area (Å²) in [4.78, 5) is 63.5. The van der Waals surface area contributed by atoms with Gasteiger partial charge >= 0.3 is 5.97 Å². The van der Waals surface area contributed by atoms with Gasteiger partial charge in [-0.25, -0.2) is 0 Å². The van der Waals surface area contributed by atoms with Crippen LogP contribution < -0.4 is 15.1 Å². The van der Waals surface area contributed by atoms with Crippen LogP contribution in [0.2, 0.25) is 0 Å². The van der Waals surface area contributed by atoms with Crippen LogP contribution in [0.4, 0.5) is 11.4 Å². The van der Waals surface area contributed by atoms with Crippen molar-refractivity contribution in [3.05, 3.63) is 84.5 Å². The molecule has 12 heteroatoms. The number of cyclic esters (lactones) is 1. The molecule has 54 heavy (non-hydrogen) atoms. The Balaban J connectivity index is 1.48. The third-order valence-electron chi connectivity index (χ3n) is 11.6. The summed E-state index contributed by atoms with van der Waals surface area (Å²) in [5.41, 5.74) is 0.795. The molecular weight excluding hydrogens is 688 g/mol. The molecular formula is C42H54N4O8. The van der Waals surface area contributed by atoms with Crippen molar-refractivity contribution in [1.29, 1.82) is 0 Å². The number of anilines is 2. The van der Waals surface area contributed by atoms with Gasteiger partial charge < -0.3 is 39.3 Å². The molecule has 4 heterocycles. The highest BCUT2D eigenvalue weighted by Gasteiger charge is 2.74. The number of ether oxygens (including phenoxy) is 3. The molecule has 2 fully saturated rings. The maximum absolute atomic E-state index is 15.3. The Kier molecular flexibility index (Phi) is 12.2. The van der Waals surface area contributed by atoms with Gasteiger partial charge in [0.1, 0.15) is 23.7 Å². The topological polar surface area (TPSA) is 138 Å². The Morgan fingerprint density at radius 3 is 2.37 bits per heavy atom. The predicted molar refractivity (Wildman–Crippen MR) is 204 cm³/mol. The second kappa shape index (κ2) is 16.9. The molecule has 12 nitrogen and oxygen atoms in total. The Hall–Kier alpha value is -4.52. The van der Waals surface area contributed by atoms with Crippen molar-refractivity contribution in [2.45, 2.75) is 82.9 Å². The van der Waals surface area contributed by atoms with Crippen molar-refractivity contribution in [2.24, 2.45) is 17.8 Å². The molecule has 5 bridgehead atoms. The molecule has 0 unspecified atom stereocenters. The highest BCUT2D eigenvalue weighted by molar-refractivity contribution is 6.05. The lowest BCUT2D eigenvalue weighted by Crippen LogP contribution is -2.59. The summed E-state index contributed by atoms with van der Waals surface area (Å²) >= 11 is 0. The lowest BCUT2D eigenvalue weighted by atomic mass is 9.74. The van der Waals surface area contributed by atoms with E-state index in [4.69, 9.17) is 14.2 Å². The summed E-state index contributed by atoms with van der Waals surface area (Å²) < 4.78 is 18.5. The zero-order chi connectivity index (χ0) is 38.6. The van der Waals surface area contributed by atoms with Crippen LogP contribution in [0.3, 0.4) is 0 Å². The summed E-state index contributed by atoms with van der Waals surface area (Å²) in [7, 11) is 1.51. The quantitative estimate of drug-likeness (QED) is 0.257. The van der Waals surface area contributed by atoms with Crippen molar-refractivity contribution in [3.63, 3.8) is 0 Å². The van der Waals surface area contributed by atoms with Crippen molar-refractivity contribution in [3.8, 4) is 0 Å². The fourth-order valence-corrected chi connectivity index (χ4v) is 8.64. The zero-order valence-electron chi connectivity index (χ0n) is 31.9. The number of nitrogens with zero attached hydrogens (tertiary/aromatic N) is 3. The minimum Gasteiger partial charge on any atom is -0.455 e. The number of carbonyl (C=O) groups excluding carboxylic acids is 4. The Morgan fingerprint density at radius 2 is 1.72 bits per heavy atom. The van der Waals surface area contributed by atoms with E-state index in [1.165, 1.54) is 12.0 Å². The largest absolute Gasteiger partial charge is 0.455 e. The van der Waals surface area contributed by atoms with E-state index in [0.717, 1.165) is 18.8 Å². The molecule has 0 aliphatic carbocycles. The number of aliphatic hydroxyl groups is 1. The van der Waals surface area contributed by atoms with Crippen molar-refractivity contribution in [1.82, 2.24) is 10.2 Å². The van der Waals surface area contributed by atoms with Crippen molar-refractivity contribution >= 4 is 35.1 Å². The van der Waals surface area contributed by atoms with Gasteiger partial charge in [-0.15, -0.1) is 0 Å². The smallest absolute Gasteiger partial charge is 0.313 e. The van der Waals surface area contributed by atoms with E-state index in [0.29, 0.717) is 24.1 Å². The third kappa shape index (κ3) is 7.19. The molecule has 0 saturated carbocycles. The van der Waals surface area contributed by atoms with Gasteiger partial charge in [0.05, 0.1) is 37.3 Å². The monoisotopic (exact) mass is 742 g/mol. The number of allylic oxidation sites excluding steroid dienone is 1. The maximum atomic E-state index is 15.3. The van der Waals surface area contributed by atoms with Crippen LogP contribution in [0.5, 0.6) is 0 Å². The standard InChI is InChI=1S/C42H54N4O8/c1-6-27(4)32(25-47)46-38-40(50)45(30-20-18-29(19-21-30)44(7-2)8-3)24-14-10-13-17-34(48)43-31(26-52-5)37(28-15-11-9-12-16-28)53-41(51)35-33-22-23-42(38,54-33)36(35)39(46)49/h9-12,14-16,18-23,27,31-33,35-38,47H,6-8,13,17,24-26H2,1-5H3,(H,43,48)/b14-10-/t27-,31-,32-,33+,35-,36-,37-,38+,42-/m0/s1. The molecule has 2 N–H and O–H groups in total. The third-order valence-corrected chi connectivity index (χ3v) is 11.6. The van der Waals surface area contributed by atoms with E-state index < -0.39 is 65.6 Å². The van der Waals surface area contributed by atoms with E-state index in [-0.39, 0.29) is 38.0 Å². The van der Waals surface area contributed by atoms with Gasteiger partial charge in [-0.2, -0.15) is 0 Å². The molecule has 9 atom stereocenters. The number of nitrogens with one attached hydrogen (secondary N) is 1. The van der Waals surface area contributed by atoms with Crippen molar-refractivity contribution in [2.75, 3.05) is 49.8 Å². The molecule has 0 aromatic heterocycles. The van der Waals surface area contributed by atoms with E-state index in [1.54, 1.807) is 17.1 Å². The fraction of sp³-hybridized carbons (Fsp3) is 0.524. The average Bonchev–Trinajstić information content (AvgIpc) is 3.83. The SMILES string of the molecule is CC[C@H](C)[C@H](CO)N1C(=O)[C@@H]2[C@H]3C(=O)O[C@@H](c4ccccc4)[C@H](COC)NC(=O)CC/C=C\CN(c4ccc(N(CC)CC)cc4)C(=O)[C@@H]1[C@]21C=C[C@H]3O1. The lowest BCUT2D eigenvalue weighted by Gasteiger charge is -2.40.